The average molecular weight is 373 g/mol. The van der Waals surface area contributed by atoms with Crippen molar-refractivity contribution in [3.63, 3.8) is 0 Å². The zero-order valence-electron chi connectivity index (χ0n) is 13.9. The van der Waals surface area contributed by atoms with Gasteiger partial charge in [-0.25, -0.2) is 4.79 Å². The van der Waals surface area contributed by atoms with Gasteiger partial charge in [-0.1, -0.05) is 0 Å². The van der Waals surface area contributed by atoms with Crippen molar-refractivity contribution in [2.45, 2.75) is 38.8 Å². The molecular weight excluding hydrogens is 348 g/mol. The number of rotatable bonds is 3. The minimum absolute atomic E-state index is 0.148. The monoisotopic (exact) mass is 372 g/mol. The Hall–Kier alpha value is -1.08. The molecule has 1 fully saturated rings. The van der Waals surface area contributed by atoms with Gasteiger partial charge >= 0.3 is 6.09 Å². The number of ether oxygens (including phenoxy) is 1. The van der Waals surface area contributed by atoms with Crippen molar-refractivity contribution < 1.29 is 9.53 Å². The van der Waals surface area contributed by atoms with E-state index in [2.05, 4.69) is 26.3 Å². The van der Waals surface area contributed by atoms with Gasteiger partial charge in [0.05, 0.1) is 22.4 Å². The highest BCUT2D eigenvalue weighted by molar-refractivity contribution is 9.10. The van der Waals surface area contributed by atoms with Crippen LogP contribution in [0.2, 0.25) is 0 Å². The Morgan fingerprint density at radius 2 is 2.23 bits per heavy atom. The molecule has 2 atom stereocenters. The maximum absolute atomic E-state index is 12.2. The maximum atomic E-state index is 12.2. The van der Waals surface area contributed by atoms with Gasteiger partial charge in [0, 0.05) is 20.1 Å². The van der Waals surface area contributed by atoms with E-state index in [-0.39, 0.29) is 12.1 Å². The van der Waals surface area contributed by atoms with Gasteiger partial charge in [-0.2, -0.15) is 5.10 Å². The first-order valence-corrected chi connectivity index (χ1v) is 8.35. The normalized spacial score (nSPS) is 20.3. The minimum Gasteiger partial charge on any atom is -0.444 e. The first-order valence-electron chi connectivity index (χ1n) is 7.55. The van der Waals surface area contributed by atoms with Gasteiger partial charge in [0.15, 0.2) is 0 Å². The summed E-state index contributed by atoms with van der Waals surface area (Å²) in [5.74, 6) is 0.337. The second kappa shape index (κ2) is 6.58. The minimum atomic E-state index is -0.456. The first kappa shape index (κ1) is 17.3. The van der Waals surface area contributed by atoms with Crippen LogP contribution in [0.4, 0.5) is 4.79 Å². The summed E-state index contributed by atoms with van der Waals surface area (Å²) in [6.45, 7) is 7.09. The Kier molecular flexibility index (Phi) is 5.17. The Labute approximate surface area is 140 Å². The van der Waals surface area contributed by atoms with Crippen LogP contribution in [0.15, 0.2) is 10.7 Å². The van der Waals surface area contributed by atoms with Crippen LogP contribution in [-0.4, -0.2) is 46.5 Å². The van der Waals surface area contributed by atoms with E-state index in [0.717, 1.165) is 23.1 Å². The van der Waals surface area contributed by atoms with Crippen LogP contribution in [0.25, 0.3) is 0 Å². The summed E-state index contributed by atoms with van der Waals surface area (Å²) in [7, 11) is 3.88. The molecule has 1 saturated heterocycles. The van der Waals surface area contributed by atoms with Gasteiger partial charge in [-0.05, 0) is 56.1 Å². The van der Waals surface area contributed by atoms with E-state index in [4.69, 9.17) is 4.74 Å². The van der Waals surface area contributed by atoms with Crippen molar-refractivity contribution in [2.24, 2.45) is 13.0 Å². The molecule has 1 aromatic heterocycles. The van der Waals surface area contributed by atoms with E-state index in [1.165, 1.54) is 0 Å². The molecule has 7 heteroatoms. The molecule has 124 valence electrons. The smallest absolute Gasteiger partial charge is 0.410 e. The van der Waals surface area contributed by atoms with Gasteiger partial charge < -0.3 is 15.0 Å². The number of carbonyl (C=O) groups excluding carboxylic acids is 1. The van der Waals surface area contributed by atoms with Gasteiger partial charge in [0.25, 0.3) is 0 Å². The molecule has 0 bridgehead atoms. The standard InChI is InChI=1S/C15H25BrN4O2/c1-15(2,3)22-14(21)20-7-6-10(9-20)12(17-4)13-11(16)8-18-19(13)5/h8,10,12,17H,6-7,9H2,1-5H3. The number of carbonyl (C=O) groups is 1. The Bertz CT molecular complexity index is 519. The lowest BCUT2D eigenvalue weighted by Gasteiger charge is -2.26. The molecule has 1 aliphatic rings. The molecule has 0 aromatic carbocycles. The number of aryl methyl sites for hydroxylation is 1. The van der Waals surface area contributed by atoms with Gasteiger partial charge in [-0.15, -0.1) is 0 Å². The topological polar surface area (TPSA) is 59.4 Å². The molecule has 1 aromatic rings. The summed E-state index contributed by atoms with van der Waals surface area (Å²) in [5, 5.41) is 7.65. The highest BCUT2D eigenvalue weighted by atomic mass is 79.9. The van der Waals surface area contributed by atoms with Crippen molar-refractivity contribution in [3.05, 3.63) is 16.4 Å². The highest BCUT2D eigenvalue weighted by Crippen LogP contribution is 2.33. The third-order valence-corrected chi connectivity index (χ3v) is 4.50. The van der Waals surface area contributed by atoms with Crippen LogP contribution in [0.3, 0.4) is 0 Å². The molecule has 0 aliphatic carbocycles. The number of amides is 1. The average Bonchev–Trinajstić information content (AvgIpc) is 3.00. The summed E-state index contributed by atoms with van der Waals surface area (Å²) < 4.78 is 8.33. The van der Waals surface area contributed by atoms with E-state index in [0.29, 0.717) is 12.5 Å². The molecule has 0 spiro atoms. The molecule has 2 unspecified atom stereocenters. The second-order valence-electron chi connectivity index (χ2n) is 6.74. The highest BCUT2D eigenvalue weighted by Gasteiger charge is 2.35. The van der Waals surface area contributed by atoms with E-state index in [1.54, 1.807) is 11.1 Å². The van der Waals surface area contributed by atoms with Crippen molar-refractivity contribution in [2.75, 3.05) is 20.1 Å². The predicted octanol–water partition coefficient (Wildman–Crippen LogP) is 2.70. The summed E-state index contributed by atoms with van der Waals surface area (Å²) >= 11 is 3.56. The second-order valence-corrected chi connectivity index (χ2v) is 7.60. The van der Waals surface area contributed by atoms with E-state index in [9.17, 15) is 4.79 Å². The Morgan fingerprint density at radius 3 is 2.73 bits per heavy atom. The maximum Gasteiger partial charge on any atom is 0.410 e. The van der Waals surface area contributed by atoms with E-state index < -0.39 is 5.60 Å². The van der Waals surface area contributed by atoms with Crippen LogP contribution < -0.4 is 5.32 Å². The predicted molar refractivity (Wildman–Crippen MR) is 88.6 cm³/mol. The molecule has 0 radical (unpaired) electrons. The van der Waals surface area contributed by atoms with Gasteiger partial charge in [0.2, 0.25) is 0 Å². The number of halogens is 1. The van der Waals surface area contributed by atoms with Crippen molar-refractivity contribution in [1.82, 2.24) is 20.0 Å². The molecule has 22 heavy (non-hydrogen) atoms. The molecule has 2 heterocycles. The summed E-state index contributed by atoms with van der Waals surface area (Å²) in [4.78, 5) is 14.0. The summed E-state index contributed by atoms with van der Waals surface area (Å²) in [6, 6.07) is 0.148. The molecular formula is C15H25BrN4O2. The van der Waals surface area contributed by atoms with Crippen LogP contribution in [0, 0.1) is 5.92 Å². The quantitative estimate of drug-likeness (QED) is 0.885. The third kappa shape index (κ3) is 3.81. The lowest BCUT2D eigenvalue weighted by atomic mass is 9.96. The SMILES string of the molecule is CNC(c1c(Br)cnn1C)C1CCN(C(=O)OC(C)(C)C)C1. The summed E-state index contributed by atoms with van der Waals surface area (Å²) in [5.41, 5.74) is 0.654. The van der Waals surface area contributed by atoms with Crippen molar-refractivity contribution >= 4 is 22.0 Å². The van der Waals surface area contributed by atoms with Crippen molar-refractivity contribution in [1.29, 1.82) is 0 Å². The number of nitrogens with zero attached hydrogens (tertiary/aromatic N) is 3. The summed E-state index contributed by atoms with van der Waals surface area (Å²) in [6.07, 6.45) is 2.52. The lowest BCUT2D eigenvalue weighted by Crippen LogP contribution is -2.36. The number of aromatic nitrogens is 2. The van der Waals surface area contributed by atoms with Gasteiger partial charge in [-0.3, -0.25) is 4.68 Å². The number of likely N-dealkylation sites (tertiary alicyclic amines) is 1. The molecule has 1 N–H and O–H groups in total. The lowest BCUT2D eigenvalue weighted by molar-refractivity contribution is 0.0285. The van der Waals surface area contributed by atoms with Gasteiger partial charge in [0.1, 0.15) is 5.60 Å². The third-order valence-electron chi connectivity index (χ3n) is 3.89. The van der Waals surface area contributed by atoms with E-state index in [1.807, 2.05) is 39.5 Å². The first-order chi connectivity index (χ1) is 10.2. The molecule has 2 rings (SSSR count). The largest absolute Gasteiger partial charge is 0.444 e. The molecule has 1 amide bonds. The van der Waals surface area contributed by atoms with Crippen LogP contribution >= 0.6 is 15.9 Å². The zero-order valence-corrected chi connectivity index (χ0v) is 15.5. The Balaban J connectivity index is 2.07. The molecule has 1 aliphatic heterocycles. The van der Waals surface area contributed by atoms with Crippen LogP contribution in [0.1, 0.15) is 38.9 Å². The molecule has 0 saturated carbocycles. The Morgan fingerprint density at radius 1 is 1.55 bits per heavy atom. The van der Waals surface area contributed by atoms with Crippen LogP contribution in [-0.2, 0) is 11.8 Å². The number of hydrogen-bond donors (Lipinski definition) is 1. The fourth-order valence-electron chi connectivity index (χ4n) is 2.92. The number of nitrogens with one attached hydrogen (secondary N) is 1. The van der Waals surface area contributed by atoms with Crippen LogP contribution in [0.5, 0.6) is 0 Å². The van der Waals surface area contributed by atoms with Crippen molar-refractivity contribution in [3.8, 4) is 0 Å². The zero-order chi connectivity index (χ0) is 16.5. The molecule has 6 nitrogen and oxygen atoms in total. The van der Waals surface area contributed by atoms with E-state index >= 15 is 0 Å². The number of hydrogen-bond acceptors (Lipinski definition) is 4. The fourth-order valence-corrected chi connectivity index (χ4v) is 3.51. The fraction of sp³-hybridized carbons (Fsp3) is 0.733.